The molecule has 1 aromatic carbocycles. The highest BCUT2D eigenvalue weighted by molar-refractivity contribution is 5.79. The maximum Gasteiger partial charge on any atom is 0.317 e. The maximum atomic E-state index is 12.3. The Balaban J connectivity index is 1.82. The van der Waals surface area contributed by atoms with Gasteiger partial charge in [0.05, 0.1) is 6.42 Å². The molecule has 0 atom stereocenters. The molecule has 120 valence electrons. The molecular formula is C17H25N3O2. The molecule has 1 aromatic rings. The van der Waals surface area contributed by atoms with E-state index in [2.05, 4.69) is 5.32 Å². The molecule has 1 saturated heterocycles. The van der Waals surface area contributed by atoms with Crippen molar-refractivity contribution in [1.82, 2.24) is 15.1 Å². The number of aryl methyl sites for hydroxylation is 1. The Morgan fingerprint density at radius 3 is 2.14 bits per heavy atom. The number of amides is 3. The third-order valence-corrected chi connectivity index (χ3v) is 3.81. The van der Waals surface area contributed by atoms with Gasteiger partial charge in [0, 0.05) is 32.2 Å². The fourth-order valence-corrected chi connectivity index (χ4v) is 2.49. The third-order valence-electron chi connectivity index (χ3n) is 3.81. The molecule has 22 heavy (non-hydrogen) atoms. The number of benzene rings is 1. The summed E-state index contributed by atoms with van der Waals surface area (Å²) in [5.41, 5.74) is 2.23. The van der Waals surface area contributed by atoms with E-state index < -0.39 is 0 Å². The number of carbonyl (C=O) groups excluding carboxylic acids is 2. The van der Waals surface area contributed by atoms with Crippen LogP contribution in [0.5, 0.6) is 0 Å². The second kappa shape index (κ2) is 7.29. The van der Waals surface area contributed by atoms with Crippen LogP contribution < -0.4 is 5.32 Å². The molecule has 0 saturated carbocycles. The molecule has 2 rings (SSSR count). The zero-order valence-corrected chi connectivity index (χ0v) is 13.6. The smallest absolute Gasteiger partial charge is 0.317 e. The fraction of sp³-hybridized carbons (Fsp3) is 0.529. The Morgan fingerprint density at radius 2 is 1.59 bits per heavy atom. The summed E-state index contributed by atoms with van der Waals surface area (Å²) < 4.78 is 0. The monoisotopic (exact) mass is 303 g/mol. The lowest BCUT2D eigenvalue weighted by molar-refractivity contribution is -0.131. The van der Waals surface area contributed by atoms with Crippen LogP contribution in [-0.2, 0) is 11.2 Å². The van der Waals surface area contributed by atoms with E-state index >= 15 is 0 Å². The molecule has 0 spiro atoms. The fourth-order valence-electron chi connectivity index (χ4n) is 2.49. The number of urea groups is 1. The quantitative estimate of drug-likeness (QED) is 0.926. The van der Waals surface area contributed by atoms with Crippen LogP contribution in [-0.4, -0.2) is 54.0 Å². The number of nitrogens with one attached hydrogen (secondary N) is 1. The van der Waals surface area contributed by atoms with Crippen LogP contribution in [0.3, 0.4) is 0 Å². The van der Waals surface area contributed by atoms with Crippen molar-refractivity contribution >= 4 is 11.9 Å². The summed E-state index contributed by atoms with van der Waals surface area (Å²) in [4.78, 5) is 27.9. The zero-order chi connectivity index (χ0) is 16.1. The van der Waals surface area contributed by atoms with Crippen LogP contribution in [0.15, 0.2) is 24.3 Å². The van der Waals surface area contributed by atoms with E-state index in [0.717, 1.165) is 5.56 Å². The molecular weight excluding hydrogens is 278 g/mol. The van der Waals surface area contributed by atoms with Gasteiger partial charge in [-0.2, -0.15) is 0 Å². The summed E-state index contributed by atoms with van der Waals surface area (Å²) in [6.07, 6.45) is 0.429. The van der Waals surface area contributed by atoms with Crippen LogP contribution in [0.4, 0.5) is 4.79 Å². The maximum absolute atomic E-state index is 12.3. The van der Waals surface area contributed by atoms with Gasteiger partial charge in [-0.15, -0.1) is 0 Å². The predicted octanol–water partition coefficient (Wildman–Crippen LogP) is 1.80. The van der Waals surface area contributed by atoms with Crippen molar-refractivity contribution < 1.29 is 9.59 Å². The molecule has 1 fully saturated rings. The largest absolute Gasteiger partial charge is 0.339 e. The van der Waals surface area contributed by atoms with Crippen molar-refractivity contribution in [1.29, 1.82) is 0 Å². The summed E-state index contributed by atoms with van der Waals surface area (Å²) in [5, 5.41) is 2.89. The van der Waals surface area contributed by atoms with Gasteiger partial charge in [-0.25, -0.2) is 4.79 Å². The van der Waals surface area contributed by atoms with Crippen molar-refractivity contribution in [3.63, 3.8) is 0 Å². The van der Waals surface area contributed by atoms with Gasteiger partial charge in [0.2, 0.25) is 5.91 Å². The number of rotatable bonds is 3. The Morgan fingerprint density at radius 1 is 1.05 bits per heavy atom. The number of carbonyl (C=O) groups is 2. The standard InChI is InChI=1S/C17H25N3O2/c1-13(2)18-17(22)20-10-8-19(9-11-20)16(21)12-15-6-4-14(3)5-7-15/h4-7,13H,8-12H2,1-3H3,(H,18,22). The normalized spacial score (nSPS) is 15.1. The van der Waals surface area contributed by atoms with Crippen molar-refractivity contribution in [3.05, 3.63) is 35.4 Å². The molecule has 0 aromatic heterocycles. The highest BCUT2D eigenvalue weighted by atomic mass is 16.2. The molecule has 1 aliphatic rings. The zero-order valence-electron chi connectivity index (χ0n) is 13.6. The molecule has 0 aliphatic carbocycles. The molecule has 0 bridgehead atoms. The summed E-state index contributed by atoms with van der Waals surface area (Å²) >= 11 is 0. The molecule has 1 N–H and O–H groups in total. The topological polar surface area (TPSA) is 52.7 Å². The number of hydrogen-bond acceptors (Lipinski definition) is 2. The van der Waals surface area contributed by atoms with Crippen molar-refractivity contribution in [2.24, 2.45) is 0 Å². The third kappa shape index (κ3) is 4.48. The first-order chi connectivity index (χ1) is 10.5. The summed E-state index contributed by atoms with van der Waals surface area (Å²) in [6.45, 7) is 8.33. The average Bonchev–Trinajstić information content (AvgIpc) is 2.49. The lowest BCUT2D eigenvalue weighted by Gasteiger charge is -2.35. The Labute approximate surface area is 132 Å². The van der Waals surface area contributed by atoms with Crippen LogP contribution in [0.1, 0.15) is 25.0 Å². The molecule has 5 heteroatoms. The van der Waals surface area contributed by atoms with E-state index in [1.807, 2.05) is 49.9 Å². The molecule has 0 unspecified atom stereocenters. The minimum absolute atomic E-state index is 0.0411. The van der Waals surface area contributed by atoms with Gasteiger partial charge in [0.25, 0.3) is 0 Å². The number of nitrogens with zero attached hydrogens (tertiary/aromatic N) is 2. The number of hydrogen-bond donors (Lipinski definition) is 1. The molecule has 3 amide bonds. The van der Waals surface area contributed by atoms with Gasteiger partial charge < -0.3 is 15.1 Å². The second-order valence-electron chi connectivity index (χ2n) is 6.13. The summed E-state index contributed by atoms with van der Waals surface area (Å²) in [7, 11) is 0. The van der Waals surface area contributed by atoms with Gasteiger partial charge in [-0.1, -0.05) is 29.8 Å². The summed E-state index contributed by atoms with van der Waals surface area (Å²) in [5.74, 6) is 0.132. The van der Waals surface area contributed by atoms with E-state index in [1.54, 1.807) is 4.90 Å². The number of piperazine rings is 1. The minimum Gasteiger partial charge on any atom is -0.339 e. The lowest BCUT2D eigenvalue weighted by atomic mass is 10.1. The SMILES string of the molecule is Cc1ccc(CC(=O)N2CCN(C(=O)NC(C)C)CC2)cc1. The lowest BCUT2D eigenvalue weighted by Crippen LogP contribution is -2.54. The minimum atomic E-state index is -0.0411. The highest BCUT2D eigenvalue weighted by Crippen LogP contribution is 2.08. The van der Waals surface area contributed by atoms with Crippen molar-refractivity contribution in [2.45, 2.75) is 33.2 Å². The van der Waals surface area contributed by atoms with Gasteiger partial charge in [-0.05, 0) is 26.3 Å². The van der Waals surface area contributed by atoms with Gasteiger partial charge in [0.1, 0.15) is 0 Å². The van der Waals surface area contributed by atoms with E-state index in [1.165, 1.54) is 5.56 Å². The van der Waals surface area contributed by atoms with E-state index in [0.29, 0.717) is 32.6 Å². The average molecular weight is 303 g/mol. The van der Waals surface area contributed by atoms with E-state index in [4.69, 9.17) is 0 Å². The van der Waals surface area contributed by atoms with Crippen molar-refractivity contribution in [2.75, 3.05) is 26.2 Å². The van der Waals surface area contributed by atoms with Crippen LogP contribution in [0, 0.1) is 6.92 Å². The molecule has 1 heterocycles. The molecule has 0 radical (unpaired) electrons. The Bertz CT molecular complexity index is 517. The highest BCUT2D eigenvalue weighted by Gasteiger charge is 2.24. The van der Waals surface area contributed by atoms with Crippen molar-refractivity contribution in [3.8, 4) is 0 Å². The molecule has 5 nitrogen and oxygen atoms in total. The first kappa shape index (κ1) is 16.3. The summed E-state index contributed by atoms with van der Waals surface area (Å²) in [6, 6.07) is 8.14. The molecule has 1 aliphatic heterocycles. The van der Waals surface area contributed by atoms with Gasteiger partial charge >= 0.3 is 6.03 Å². The Hall–Kier alpha value is -2.04. The second-order valence-corrected chi connectivity index (χ2v) is 6.13. The Kier molecular flexibility index (Phi) is 5.41. The van der Waals surface area contributed by atoms with Crippen LogP contribution in [0.25, 0.3) is 0 Å². The van der Waals surface area contributed by atoms with Crippen LogP contribution in [0.2, 0.25) is 0 Å². The first-order valence-corrected chi connectivity index (χ1v) is 7.84. The van der Waals surface area contributed by atoms with Crippen LogP contribution >= 0.6 is 0 Å². The van der Waals surface area contributed by atoms with Gasteiger partial charge in [-0.3, -0.25) is 4.79 Å². The van der Waals surface area contributed by atoms with E-state index in [9.17, 15) is 9.59 Å². The van der Waals surface area contributed by atoms with Gasteiger partial charge in [0.15, 0.2) is 0 Å². The van der Waals surface area contributed by atoms with E-state index in [-0.39, 0.29) is 18.0 Å². The predicted molar refractivity (Wildman–Crippen MR) is 86.7 cm³/mol. The first-order valence-electron chi connectivity index (χ1n) is 7.84.